The smallest absolute Gasteiger partial charge is 0.264 e. The number of rotatable bonds is 0. The highest BCUT2D eigenvalue weighted by Gasteiger charge is 2.09. The average molecular weight is 269 g/mol. The Kier molecular flexibility index (Phi) is 2.26. The zero-order chi connectivity index (χ0) is 11.2. The third-order valence-electron chi connectivity index (χ3n) is 2.22. The lowest BCUT2D eigenvalue weighted by Gasteiger charge is -2.06. The summed E-state index contributed by atoms with van der Waals surface area (Å²) >= 11 is 3.31. The van der Waals surface area contributed by atoms with Crippen molar-refractivity contribution in [3.05, 3.63) is 38.2 Å². The van der Waals surface area contributed by atoms with E-state index in [0.29, 0.717) is 10.1 Å². The summed E-state index contributed by atoms with van der Waals surface area (Å²) in [4.78, 5) is 15.7. The first-order valence-electron chi connectivity index (χ1n) is 4.39. The van der Waals surface area contributed by atoms with Crippen molar-refractivity contribution in [1.29, 1.82) is 0 Å². The number of fused-ring (bicyclic) bond motifs is 1. The highest BCUT2D eigenvalue weighted by molar-refractivity contribution is 9.10. The molecule has 0 saturated carbocycles. The standard InChI is InChI=1S/C10H9BrN2O2/c1-5-3-7(11)8-12-9(14)6(2)10(15)13(8)4-5/h3-4,14H,1-2H3. The lowest BCUT2D eigenvalue weighted by molar-refractivity contribution is 0.448. The number of hydrogen-bond acceptors (Lipinski definition) is 3. The van der Waals surface area contributed by atoms with Crippen molar-refractivity contribution in [1.82, 2.24) is 9.38 Å². The summed E-state index contributed by atoms with van der Waals surface area (Å²) in [6.07, 6.45) is 1.70. The molecule has 0 aliphatic rings. The van der Waals surface area contributed by atoms with Crippen LogP contribution in [0.3, 0.4) is 0 Å². The van der Waals surface area contributed by atoms with Gasteiger partial charge in [-0.1, -0.05) is 0 Å². The van der Waals surface area contributed by atoms with Crippen LogP contribution < -0.4 is 5.56 Å². The van der Waals surface area contributed by atoms with E-state index in [1.54, 1.807) is 13.1 Å². The molecule has 2 heterocycles. The molecule has 2 aromatic heterocycles. The summed E-state index contributed by atoms with van der Waals surface area (Å²) in [6.45, 7) is 3.44. The van der Waals surface area contributed by atoms with E-state index in [-0.39, 0.29) is 17.0 Å². The maximum Gasteiger partial charge on any atom is 0.264 e. The van der Waals surface area contributed by atoms with Crippen LogP contribution in [-0.2, 0) is 0 Å². The molecule has 0 fully saturated rings. The summed E-state index contributed by atoms with van der Waals surface area (Å²) < 4.78 is 2.11. The molecule has 0 aromatic carbocycles. The molecule has 78 valence electrons. The van der Waals surface area contributed by atoms with E-state index in [9.17, 15) is 9.90 Å². The first-order chi connectivity index (χ1) is 7.00. The second-order valence-corrected chi connectivity index (χ2v) is 4.28. The van der Waals surface area contributed by atoms with Crippen molar-refractivity contribution in [2.45, 2.75) is 13.8 Å². The summed E-state index contributed by atoms with van der Waals surface area (Å²) in [5.41, 5.74) is 1.38. The normalized spacial score (nSPS) is 10.9. The van der Waals surface area contributed by atoms with Crippen molar-refractivity contribution in [3.63, 3.8) is 0 Å². The van der Waals surface area contributed by atoms with Crippen LogP contribution in [0.15, 0.2) is 21.5 Å². The Labute approximate surface area is 94.3 Å². The lowest BCUT2D eigenvalue weighted by Crippen LogP contribution is -2.18. The molecule has 0 saturated heterocycles. The quantitative estimate of drug-likeness (QED) is 0.793. The Bertz CT molecular complexity index is 604. The fourth-order valence-electron chi connectivity index (χ4n) is 1.40. The molecule has 15 heavy (non-hydrogen) atoms. The van der Waals surface area contributed by atoms with Gasteiger partial charge in [0, 0.05) is 6.20 Å². The first-order valence-corrected chi connectivity index (χ1v) is 5.18. The van der Waals surface area contributed by atoms with E-state index in [0.717, 1.165) is 5.56 Å². The van der Waals surface area contributed by atoms with Gasteiger partial charge in [-0.3, -0.25) is 9.20 Å². The topological polar surface area (TPSA) is 54.6 Å². The lowest BCUT2D eigenvalue weighted by atomic mass is 10.3. The fraction of sp³-hybridized carbons (Fsp3) is 0.200. The fourth-order valence-corrected chi connectivity index (χ4v) is 2.04. The van der Waals surface area contributed by atoms with Gasteiger partial charge in [0.2, 0.25) is 5.88 Å². The van der Waals surface area contributed by atoms with Gasteiger partial charge >= 0.3 is 0 Å². The van der Waals surface area contributed by atoms with E-state index in [2.05, 4.69) is 20.9 Å². The SMILES string of the molecule is Cc1cc(Br)c2nc(O)c(C)c(=O)n2c1. The number of nitrogens with zero attached hydrogens (tertiary/aromatic N) is 2. The maximum absolute atomic E-state index is 11.8. The molecule has 4 nitrogen and oxygen atoms in total. The minimum atomic E-state index is -0.248. The Morgan fingerprint density at radius 2 is 2.13 bits per heavy atom. The molecule has 0 aliphatic carbocycles. The Morgan fingerprint density at radius 1 is 1.47 bits per heavy atom. The summed E-state index contributed by atoms with van der Waals surface area (Å²) in [7, 11) is 0. The summed E-state index contributed by atoms with van der Waals surface area (Å²) in [5, 5.41) is 9.45. The molecule has 5 heteroatoms. The second kappa shape index (κ2) is 3.34. The van der Waals surface area contributed by atoms with Gasteiger partial charge in [-0.05, 0) is 41.4 Å². The second-order valence-electron chi connectivity index (χ2n) is 3.42. The Hall–Kier alpha value is -1.36. The van der Waals surface area contributed by atoms with Crippen LogP contribution in [-0.4, -0.2) is 14.5 Å². The number of hydrogen-bond donors (Lipinski definition) is 1. The van der Waals surface area contributed by atoms with Crippen LogP contribution in [0.2, 0.25) is 0 Å². The van der Waals surface area contributed by atoms with E-state index in [1.807, 2.05) is 13.0 Å². The van der Waals surface area contributed by atoms with Crippen molar-refractivity contribution in [2.24, 2.45) is 0 Å². The maximum atomic E-state index is 11.8. The molecular formula is C10H9BrN2O2. The predicted molar refractivity (Wildman–Crippen MR) is 60.3 cm³/mol. The first kappa shape index (κ1) is 10.2. The number of aromatic nitrogens is 2. The van der Waals surface area contributed by atoms with Gasteiger partial charge in [0.05, 0.1) is 10.0 Å². The zero-order valence-electron chi connectivity index (χ0n) is 8.28. The number of aryl methyl sites for hydroxylation is 1. The highest BCUT2D eigenvalue weighted by atomic mass is 79.9. The van der Waals surface area contributed by atoms with E-state index in [1.165, 1.54) is 4.40 Å². The number of aromatic hydroxyl groups is 1. The molecular weight excluding hydrogens is 260 g/mol. The predicted octanol–water partition coefficient (Wildman–Crippen LogP) is 1.78. The van der Waals surface area contributed by atoms with Gasteiger partial charge < -0.3 is 5.11 Å². The van der Waals surface area contributed by atoms with Gasteiger partial charge in [0.1, 0.15) is 0 Å². The van der Waals surface area contributed by atoms with Crippen molar-refractivity contribution in [3.8, 4) is 5.88 Å². The zero-order valence-corrected chi connectivity index (χ0v) is 9.87. The monoisotopic (exact) mass is 268 g/mol. The van der Waals surface area contributed by atoms with Crippen LogP contribution in [0.25, 0.3) is 5.65 Å². The van der Waals surface area contributed by atoms with Gasteiger partial charge in [-0.15, -0.1) is 0 Å². The summed E-state index contributed by atoms with van der Waals surface area (Å²) in [5.74, 6) is -0.218. The Morgan fingerprint density at radius 3 is 2.80 bits per heavy atom. The third kappa shape index (κ3) is 1.52. The average Bonchev–Trinajstić information content (AvgIpc) is 2.17. The molecule has 0 atom stereocenters. The largest absolute Gasteiger partial charge is 0.493 e. The van der Waals surface area contributed by atoms with Gasteiger partial charge in [0.15, 0.2) is 5.65 Å². The molecule has 0 radical (unpaired) electrons. The van der Waals surface area contributed by atoms with Crippen molar-refractivity contribution < 1.29 is 5.11 Å². The van der Waals surface area contributed by atoms with Crippen molar-refractivity contribution >= 4 is 21.6 Å². The van der Waals surface area contributed by atoms with E-state index < -0.39 is 0 Å². The van der Waals surface area contributed by atoms with Crippen LogP contribution >= 0.6 is 15.9 Å². The van der Waals surface area contributed by atoms with Crippen molar-refractivity contribution in [2.75, 3.05) is 0 Å². The van der Waals surface area contributed by atoms with Gasteiger partial charge in [-0.25, -0.2) is 0 Å². The molecule has 0 bridgehead atoms. The molecule has 0 spiro atoms. The van der Waals surface area contributed by atoms with Gasteiger partial charge in [0.25, 0.3) is 5.56 Å². The Balaban J connectivity index is 3.06. The highest BCUT2D eigenvalue weighted by Crippen LogP contribution is 2.19. The van der Waals surface area contributed by atoms with Crippen LogP contribution in [0.4, 0.5) is 0 Å². The number of halogens is 1. The van der Waals surface area contributed by atoms with E-state index >= 15 is 0 Å². The van der Waals surface area contributed by atoms with Gasteiger partial charge in [-0.2, -0.15) is 4.98 Å². The van der Waals surface area contributed by atoms with E-state index in [4.69, 9.17) is 0 Å². The van der Waals surface area contributed by atoms with Crippen LogP contribution in [0.1, 0.15) is 11.1 Å². The minimum Gasteiger partial charge on any atom is -0.493 e. The van der Waals surface area contributed by atoms with Crippen LogP contribution in [0.5, 0.6) is 5.88 Å². The van der Waals surface area contributed by atoms with Crippen LogP contribution in [0, 0.1) is 13.8 Å². The molecule has 1 N–H and O–H groups in total. The summed E-state index contributed by atoms with van der Waals surface area (Å²) in [6, 6.07) is 1.84. The molecule has 2 rings (SSSR count). The molecule has 2 aromatic rings. The molecule has 0 amide bonds. The molecule has 0 unspecified atom stereocenters. The third-order valence-corrected chi connectivity index (χ3v) is 2.80. The molecule has 0 aliphatic heterocycles. The minimum absolute atomic E-state index is 0.218. The number of pyridine rings is 1.